The van der Waals surface area contributed by atoms with Crippen molar-refractivity contribution < 1.29 is 18.9 Å². The van der Waals surface area contributed by atoms with Crippen LogP contribution in [0, 0.1) is 15.9 Å². The third kappa shape index (κ3) is 6.92. The van der Waals surface area contributed by atoms with Crippen molar-refractivity contribution in [1.29, 1.82) is 0 Å². The van der Waals surface area contributed by atoms with Crippen molar-refractivity contribution in [1.82, 2.24) is 5.32 Å². The summed E-state index contributed by atoms with van der Waals surface area (Å²) in [6.07, 6.45) is 1.27. The smallest absolute Gasteiger partial charge is 0.276 e. The number of amides is 2. The molecule has 0 fully saturated rings. The molecule has 0 spiro atoms. The van der Waals surface area contributed by atoms with Crippen LogP contribution in [0.2, 0.25) is 0 Å². The predicted molar refractivity (Wildman–Crippen MR) is 146 cm³/mol. The number of carbonyl (C=O) groups excluding carboxylic acids is 2. The Balaban J connectivity index is 1.53. The SMILES string of the molecule is O=C(Nc1ccc(SCc2ccccc2F)cc1)/C(=C\c1ccccc1[N+](=O)[O-])NC(=O)c1ccccc1. The average molecular weight is 528 g/mol. The lowest BCUT2D eigenvalue weighted by molar-refractivity contribution is -0.385. The molecule has 4 rings (SSSR count). The van der Waals surface area contributed by atoms with Crippen molar-refractivity contribution in [2.24, 2.45) is 0 Å². The van der Waals surface area contributed by atoms with Gasteiger partial charge in [0.2, 0.25) is 0 Å². The van der Waals surface area contributed by atoms with Crippen LogP contribution in [0.5, 0.6) is 0 Å². The summed E-state index contributed by atoms with van der Waals surface area (Å²) in [6.45, 7) is 0. The number of para-hydroxylation sites is 1. The zero-order valence-electron chi connectivity index (χ0n) is 20.0. The lowest BCUT2D eigenvalue weighted by atomic mass is 10.1. The van der Waals surface area contributed by atoms with Crippen LogP contribution in [-0.2, 0) is 10.5 Å². The minimum absolute atomic E-state index is 0.161. The Kier molecular flexibility index (Phi) is 8.63. The number of nitrogens with zero attached hydrogens (tertiary/aromatic N) is 1. The van der Waals surface area contributed by atoms with Gasteiger partial charge in [-0.15, -0.1) is 11.8 Å². The van der Waals surface area contributed by atoms with Crippen molar-refractivity contribution in [2.75, 3.05) is 5.32 Å². The summed E-state index contributed by atoms with van der Waals surface area (Å²) in [5.74, 6) is -1.00. The van der Waals surface area contributed by atoms with E-state index in [1.807, 2.05) is 0 Å². The first kappa shape index (κ1) is 26.3. The quantitative estimate of drug-likeness (QED) is 0.113. The molecule has 7 nitrogen and oxygen atoms in total. The van der Waals surface area contributed by atoms with E-state index >= 15 is 0 Å². The van der Waals surface area contributed by atoms with Crippen molar-refractivity contribution in [3.05, 3.63) is 141 Å². The highest BCUT2D eigenvalue weighted by Gasteiger charge is 2.18. The number of carbonyl (C=O) groups is 2. The molecule has 0 radical (unpaired) electrons. The minimum atomic E-state index is -0.654. The van der Waals surface area contributed by atoms with E-state index in [9.17, 15) is 24.1 Å². The van der Waals surface area contributed by atoms with Gasteiger partial charge in [0.15, 0.2) is 0 Å². The molecule has 0 aliphatic carbocycles. The number of nitro groups is 1. The van der Waals surface area contributed by atoms with Crippen LogP contribution < -0.4 is 10.6 Å². The molecule has 0 aliphatic heterocycles. The van der Waals surface area contributed by atoms with Gasteiger partial charge in [0.05, 0.1) is 10.5 Å². The summed E-state index contributed by atoms with van der Waals surface area (Å²) in [4.78, 5) is 37.8. The van der Waals surface area contributed by atoms with E-state index in [2.05, 4.69) is 10.6 Å². The summed E-state index contributed by atoms with van der Waals surface area (Å²) in [7, 11) is 0. The van der Waals surface area contributed by atoms with Crippen molar-refractivity contribution in [3.8, 4) is 0 Å². The molecular weight excluding hydrogens is 505 g/mol. The molecule has 4 aromatic carbocycles. The molecule has 0 unspecified atom stereocenters. The van der Waals surface area contributed by atoms with Gasteiger partial charge in [0.25, 0.3) is 17.5 Å². The van der Waals surface area contributed by atoms with Crippen LogP contribution in [0.3, 0.4) is 0 Å². The molecule has 0 saturated carbocycles. The van der Waals surface area contributed by atoms with Gasteiger partial charge in [-0.2, -0.15) is 0 Å². The van der Waals surface area contributed by atoms with E-state index in [0.717, 1.165) is 4.90 Å². The Labute approximate surface area is 222 Å². The largest absolute Gasteiger partial charge is 0.321 e. The fraction of sp³-hybridized carbons (Fsp3) is 0.0345. The zero-order chi connectivity index (χ0) is 26.9. The van der Waals surface area contributed by atoms with Gasteiger partial charge in [0, 0.05) is 28.0 Å². The van der Waals surface area contributed by atoms with E-state index in [-0.39, 0.29) is 22.8 Å². The van der Waals surface area contributed by atoms with Gasteiger partial charge in [-0.25, -0.2) is 4.39 Å². The molecule has 0 atom stereocenters. The molecule has 38 heavy (non-hydrogen) atoms. The predicted octanol–water partition coefficient (Wildman–Crippen LogP) is 6.44. The first-order chi connectivity index (χ1) is 18.4. The summed E-state index contributed by atoms with van der Waals surface area (Å²) < 4.78 is 13.9. The van der Waals surface area contributed by atoms with Crippen molar-refractivity contribution in [3.63, 3.8) is 0 Å². The molecule has 0 saturated heterocycles. The monoisotopic (exact) mass is 527 g/mol. The van der Waals surface area contributed by atoms with Gasteiger partial charge in [-0.05, 0) is 60.2 Å². The maximum atomic E-state index is 13.9. The fourth-order valence-corrected chi connectivity index (χ4v) is 4.37. The lowest BCUT2D eigenvalue weighted by Gasteiger charge is -2.12. The summed E-state index contributed by atoms with van der Waals surface area (Å²) in [5, 5.41) is 16.8. The number of anilines is 1. The average Bonchev–Trinajstić information content (AvgIpc) is 2.93. The molecule has 2 amide bonds. The van der Waals surface area contributed by atoms with Crippen LogP contribution in [0.4, 0.5) is 15.8 Å². The Morgan fingerprint density at radius 1 is 0.868 bits per heavy atom. The maximum Gasteiger partial charge on any atom is 0.276 e. The Bertz CT molecular complexity index is 1490. The zero-order valence-corrected chi connectivity index (χ0v) is 20.8. The minimum Gasteiger partial charge on any atom is -0.321 e. The number of nitro benzene ring substituents is 1. The van der Waals surface area contributed by atoms with Crippen molar-refractivity contribution >= 4 is 41.0 Å². The Hall–Kier alpha value is -4.76. The number of hydrogen-bond donors (Lipinski definition) is 2. The molecule has 2 N–H and O–H groups in total. The molecule has 9 heteroatoms. The molecule has 4 aromatic rings. The van der Waals surface area contributed by atoms with E-state index in [4.69, 9.17) is 0 Å². The van der Waals surface area contributed by atoms with Crippen LogP contribution in [0.15, 0.2) is 114 Å². The topological polar surface area (TPSA) is 101 Å². The van der Waals surface area contributed by atoms with Gasteiger partial charge in [0.1, 0.15) is 11.5 Å². The normalized spacial score (nSPS) is 11.0. The van der Waals surface area contributed by atoms with Gasteiger partial charge in [-0.1, -0.05) is 48.5 Å². The molecule has 190 valence electrons. The van der Waals surface area contributed by atoms with E-state index in [0.29, 0.717) is 22.6 Å². The molecule has 0 aliphatic rings. The van der Waals surface area contributed by atoms with E-state index in [1.54, 1.807) is 78.9 Å². The van der Waals surface area contributed by atoms with Crippen LogP contribution >= 0.6 is 11.8 Å². The second kappa shape index (κ2) is 12.5. The van der Waals surface area contributed by atoms with E-state index < -0.39 is 16.7 Å². The summed E-state index contributed by atoms with van der Waals surface area (Å²) >= 11 is 1.45. The molecular formula is C29H22FN3O4S. The Morgan fingerprint density at radius 3 is 2.24 bits per heavy atom. The van der Waals surface area contributed by atoms with Crippen LogP contribution in [-0.4, -0.2) is 16.7 Å². The lowest BCUT2D eigenvalue weighted by Crippen LogP contribution is -2.30. The first-order valence-corrected chi connectivity index (χ1v) is 12.5. The summed E-state index contributed by atoms with van der Waals surface area (Å²) in [6, 6.07) is 27.7. The van der Waals surface area contributed by atoms with Crippen LogP contribution in [0.1, 0.15) is 21.5 Å². The van der Waals surface area contributed by atoms with Gasteiger partial charge < -0.3 is 10.6 Å². The van der Waals surface area contributed by atoms with Gasteiger partial charge in [-0.3, -0.25) is 19.7 Å². The molecule has 0 bridgehead atoms. The Morgan fingerprint density at radius 2 is 1.53 bits per heavy atom. The highest BCUT2D eigenvalue weighted by molar-refractivity contribution is 7.98. The second-order valence-corrected chi connectivity index (χ2v) is 9.10. The number of rotatable bonds is 9. The second-order valence-electron chi connectivity index (χ2n) is 8.05. The number of halogens is 1. The van der Waals surface area contributed by atoms with E-state index in [1.165, 1.54) is 42.1 Å². The molecule has 0 aromatic heterocycles. The fourth-order valence-electron chi connectivity index (χ4n) is 3.48. The number of hydrogen-bond acceptors (Lipinski definition) is 5. The summed E-state index contributed by atoms with van der Waals surface area (Å²) in [5.41, 5.74) is 1.16. The first-order valence-electron chi connectivity index (χ1n) is 11.5. The van der Waals surface area contributed by atoms with Gasteiger partial charge >= 0.3 is 0 Å². The molecule has 0 heterocycles. The van der Waals surface area contributed by atoms with Crippen molar-refractivity contribution in [2.45, 2.75) is 10.6 Å². The standard InChI is InChI=1S/C29H22FN3O4S/c30-25-12-6-4-11-22(25)19-38-24-16-14-23(15-17-24)31-29(35)26(32-28(34)20-8-2-1-3-9-20)18-21-10-5-7-13-27(21)33(36)37/h1-18H,19H2,(H,31,35)(H,32,34)/b26-18+. The third-order valence-corrected chi connectivity index (χ3v) is 6.49. The highest BCUT2D eigenvalue weighted by atomic mass is 32.2. The number of benzene rings is 4. The number of nitrogens with one attached hydrogen (secondary N) is 2. The van der Waals surface area contributed by atoms with Crippen LogP contribution in [0.25, 0.3) is 6.08 Å². The maximum absolute atomic E-state index is 13.9. The number of thioether (sulfide) groups is 1. The third-order valence-electron chi connectivity index (χ3n) is 5.43. The highest BCUT2D eigenvalue weighted by Crippen LogP contribution is 2.26.